The van der Waals surface area contributed by atoms with E-state index in [4.69, 9.17) is 9.26 Å². The monoisotopic (exact) mass is 274 g/mol. The number of hydrogen-bond donors (Lipinski definition) is 1. The molecule has 1 atom stereocenters. The van der Waals surface area contributed by atoms with Crippen molar-refractivity contribution in [1.82, 2.24) is 10.1 Å². The fourth-order valence-electron chi connectivity index (χ4n) is 2.07. The van der Waals surface area contributed by atoms with Gasteiger partial charge in [0.05, 0.1) is 6.10 Å². The number of aliphatic hydroxyl groups is 1. The number of rotatable bonds is 5. The third-order valence-corrected chi connectivity index (χ3v) is 3.46. The molecule has 1 N–H and O–H groups in total. The summed E-state index contributed by atoms with van der Waals surface area (Å²) in [6.45, 7) is 3.96. The first-order valence-electron chi connectivity index (χ1n) is 6.87. The van der Waals surface area contributed by atoms with Crippen molar-refractivity contribution in [3.8, 4) is 5.75 Å². The molecule has 1 aliphatic rings. The van der Waals surface area contributed by atoms with Crippen LogP contribution in [0.1, 0.15) is 54.6 Å². The Morgan fingerprint density at radius 3 is 2.90 bits per heavy atom. The van der Waals surface area contributed by atoms with Crippen molar-refractivity contribution in [2.24, 2.45) is 0 Å². The molecule has 1 aromatic carbocycles. The van der Waals surface area contributed by atoms with Gasteiger partial charge in [0.15, 0.2) is 12.4 Å². The zero-order valence-electron chi connectivity index (χ0n) is 11.7. The topological polar surface area (TPSA) is 68.4 Å². The maximum Gasteiger partial charge on any atom is 0.264 e. The molecule has 1 saturated carbocycles. The van der Waals surface area contributed by atoms with Gasteiger partial charge >= 0.3 is 0 Å². The van der Waals surface area contributed by atoms with E-state index in [-0.39, 0.29) is 6.61 Å². The zero-order chi connectivity index (χ0) is 14.1. The smallest absolute Gasteiger partial charge is 0.264 e. The minimum Gasteiger partial charge on any atom is -0.483 e. The molecule has 5 heteroatoms. The lowest BCUT2D eigenvalue weighted by Crippen LogP contribution is -1.99. The van der Waals surface area contributed by atoms with Crippen LogP contribution in [0.25, 0.3) is 0 Å². The number of aliphatic hydroxyl groups excluding tert-OH is 1. The molecule has 0 aliphatic heterocycles. The molecule has 1 heterocycles. The van der Waals surface area contributed by atoms with Gasteiger partial charge in [-0.15, -0.1) is 0 Å². The van der Waals surface area contributed by atoms with E-state index in [1.54, 1.807) is 6.92 Å². The molecule has 106 valence electrons. The Kier molecular flexibility index (Phi) is 3.44. The van der Waals surface area contributed by atoms with Gasteiger partial charge in [-0.3, -0.25) is 0 Å². The van der Waals surface area contributed by atoms with Crippen molar-refractivity contribution < 1.29 is 14.4 Å². The van der Waals surface area contributed by atoms with Crippen LogP contribution in [0.4, 0.5) is 0 Å². The van der Waals surface area contributed by atoms with E-state index >= 15 is 0 Å². The number of benzene rings is 1. The van der Waals surface area contributed by atoms with Crippen molar-refractivity contribution in [2.45, 2.75) is 45.3 Å². The summed E-state index contributed by atoms with van der Waals surface area (Å²) in [5.74, 6) is 2.55. The van der Waals surface area contributed by atoms with E-state index < -0.39 is 6.10 Å². The molecule has 3 rings (SSSR count). The highest BCUT2D eigenvalue weighted by molar-refractivity contribution is 5.36. The van der Waals surface area contributed by atoms with E-state index in [0.29, 0.717) is 11.8 Å². The largest absolute Gasteiger partial charge is 0.483 e. The Morgan fingerprint density at radius 1 is 1.45 bits per heavy atom. The van der Waals surface area contributed by atoms with Crippen molar-refractivity contribution in [3.63, 3.8) is 0 Å². The van der Waals surface area contributed by atoms with Gasteiger partial charge in [0.1, 0.15) is 5.75 Å². The Morgan fingerprint density at radius 2 is 2.25 bits per heavy atom. The summed E-state index contributed by atoms with van der Waals surface area (Å²) in [6.07, 6.45) is 1.83. The Labute approximate surface area is 117 Å². The first-order chi connectivity index (χ1) is 9.63. The second-order valence-corrected chi connectivity index (χ2v) is 5.31. The van der Waals surface area contributed by atoms with Crippen LogP contribution in [0.15, 0.2) is 22.7 Å². The van der Waals surface area contributed by atoms with Crippen LogP contribution >= 0.6 is 0 Å². The predicted octanol–water partition coefficient (Wildman–Crippen LogP) is 2.89. The summed E-state index contributed by atoms with van der Waals surface area (Å²) in [6, 6.07) is 5.63. The maximum atomic E-state index is 9.53. The molecule has 0 saturated heterocycles. The summed E-state index contributed by atoms with van der Waals surface area (Å²) in [4.78, 5) is 4.32. The quantitative estimate of drug-likeness (QED) is 0.908. The summed E-state index contributed by atoms with van der Waals surface area (Å²) < 4.78 is 10.9. The Balaban J connectivity index is 1.65. The van der Waals surface area contributed by atoms with Gasteiger partial charge in [0, 0.05) is 5.92 Å². The third-order valence-electron chi connectivity index (χ3n) is 3.46. The second kappa shape index (κ2) is 5.25. The molecule has 0 radical (unpaired) electrons. The third kappa shape index (κ3) is 2.82. The summed E-state index contributed by atoms with van der Waals surface area (Å²) >= 11 is 0. The van der Waals surface area contributed by atoms with Crippen LogP contribution in [-0.2, 0) is 6.61 Å². The average Bonchev–Trinajstić information content (AvgIpc) is 3.17. The van der Waals surface area contributed by atoms with Gasteiger partial charge in [-0.05, 0) is 49.9 Å². The first kappa shape index (κ1) is 13.1. The summed E-state index contributed by atoms with van der Waals surface area (Å²) in [5, 5.41) is 13.5. The number of nitrogens with zero attached hydrogens (tertiary/aromatic N) is 2. The van der Waals surface area contributed by atoms with Crippen LogP contribution in [0.3, 0.4) is 0 Å². The minimum absolute atomic E-state index is 0.272. The Hall–Kier alpha value is -1.88. The SMILES string of the molecule is Cc1cc([C@@H](C)O)ccc1OCc1nc(C2CC2)no1. The molecular formula is C15H18N2O3. The standard InChI is InChI=1S/C15H18N2O3/c1-9-7-12(10(2)18)5-6-13(9)19-8-14-16-15(17-20-14)11-3-4-11/h5-7,10-11,18H,3-4,8H2,1-2H3/t10-/m1/s1. The van der Waals surface area contributed by atoms with Crippen LogP contribution in [0, 0.1) is 6.92 Å². The van der Waals surface area contributed by atoms with Crippen LogP contribution in [0.2, 0.25) is 0 Å². The van der Waals surface area contributed by atoms with Gasteiger partial charge in [-0.1, -0.05) is 11.2 Å². The fourth-order valence-corrected chi connectivity index (χ4v) is 2.07. The predicted molar refractivity (Wildman–Crippen MR) is 72.4 cm³/mol. The second-order valence-electron chi connectivity index (χ2n) is 5.31. The molecule has 0 bridgehead atoms. The van der Waals surface area contributed by atoms with E-state index in [9.17, 15) is 5.11 Å². The van der Waals surface area contributed by atoms with Gasteiger partial charge < -0.3 is 14.4 Å². The summed E-state index contributed by atoms with van der Waals surface area (Å²) in [7, 11) is 0. The molecule has 1 aliphatic carbocycles. The molecular weight excluding hydrogens is 256 g/mol. The first-order valence-corrected chi connectivity index (χ1v) is 6.87. The van der Waals surface area contributed by atoms with Crippen LogP contribution in [-0.4, -0.2) is 15.2 Å². The van der Waals surface area contributed by atoms with Crippen molar-refractivity contribution >= 4 is 0 Å². The molecule has 1 aromatic heterocycles. The highest BCUT2D eigenvalue weighted by Crippen LogP contribution is 2.38. The molecule has 2 aromatic rings. The highest BCUT2D eigenvalue weighted by atomic mass is 16.5. The van der Waals surface area contributed by atoms with Gasteiger partial charge in [0.25, 0.3) is 5.89 Å². The van der Waals surface area contributed by atoms with Crippen molar-refractivity contribution in [1.29, 1.82) is 0 Å². The number of aryl methyl sites for hydroxylation is 1. The van der Waals surface area contributed by atoms with Crippen LogP contribution in [0.5, 0.6) is 5.75 Å². The molecule has 1 fully saturated rings. The maximum absolute atomic E-state index is 9.53. The molecule has 20 heavy (non-hydrogen) atoms. The molecule has 5 nitrogen and oxygen atoms in total. The van der Waals surface area contributed by atoms with E-state index in [1.807, 2.05) is 25.1 Å². The lowest BCUT2D eigenvalue weighted by atomic mass is 10.1. The molecule has 0 spiro atoms. The zero-order valence-corrected chi connectivity index (χ0v) is 11.7. The minimum atomic E-state index is -0.472. The normalized spacial score (nSPS) is 16.1. The van der Waals surface area contributed by atoms with Crippen LogP contribution < -0.4 is 4.74 Å². The van der Waals surface area contributed by atoms with E-state index in [2.05, 4.69) is 10.1 Å². The van der Waals surface area contributed by atoms with Crippen molar-refractivity contribution in [2.75, 3.05) is 0 Å². The molecule has 0 unspecified atom stereocenters. The lowest BCUT2D eigenvalue weighted by molar-refractivity contribution is 0.198. The van der Waals surface area contributed by atoms with E-state index in [1.165, 1.54) is 0 Å². The highest BCUT2D eigenvalue weighted by Gasteiger charge is 2.28. The van der Waals surface area contributed by atoms with E-state index in [0.717, 1.165) is 35.5 Å². The number of ether oxygens (including phenoxy) is 1. The average molecular weight is 274 g/mol. The lowest BCUT2D eigenvalue weighted by Gasteiger charge is -2.10. The van der Waals surface area contributed by atoms with Gasteiger partial charge in [-0.2, -0.15) is 4.98 Å². The number of hydrogen-bond acceptors (Lipinski definition) is 5. The fraction of sp³-hybridized carbons (Fsp3) is 0.467. The van der Waals surface area contributed by atoms with Gasteiger partial charge in [-0.25, -0.2) is 0 Å². The molecule has 0 amide bonds. The summed E-state index contributed by atoms with van der Waals surface area (Å²) in [5.41, 5.74) is 1.86. The number of aromatic nitrogens is 2. The van der Waals surface area contributed by atoms with Crippen molar-refractivity contribution in [3.05, 3.63) is 41.0 Å². The van der Waals surface area contributed by atoms with Gasteiger partial charge in [0.2, 0.25) is 0 Å². The Bertz CT molecular complexity index is 603.